The quantitative estimate of drug-likeness (QED) is 0.920. The van der Waals surface area contributed by atoms with Crippen LogP contribution in [0.4, 0.5) is 0 Å². The molecule has 1 unspecified atom stereocenters. The summed E-state index contributed by atoms with van der Waals surface area (Å²) in [5, 5.41) is 10.6. The lowest BCUT2D eigenvalue weighted by Crippen LogP contribution is -2.24. The smallest absolute Gasteiger partial charge is 0.123 e. The number of fused-ring (bicyclic) bond motifs is 1. The molecule has 0 saturated heterocycles. The Morgan fingerprint density at radius 1 is 1.10 bits per heavy atom. The zero-order valence-corrected chi connectivity index (χ0v) is 12.9. The van der Waals surface area contributed by atoms with Crippen molar-refractivity contribution in [1.29, 1.82) is 0 Å². The van der Waals surface area contributed by atoms with Crippen LogP contribution >= 0.6 is 0 Å². The predicted octanol–water partition coefficient (Wildman–Crippen LogP) is 4.04. The molecule has 2 heteroatoms. The molecule has 3 rings (SSSR count). The number of aryl methyl sites for hydroxylation is 1. The first-order chi connectivity index (χ1) is 9.98. The van der Waals surface area contributed by atoms with Crippen molar-refractivity contribution >= 4 is 0 Å². The van der Waals surface area contributed by atoms with E-state index in [9.17, 15) is 5.11 Å². The van der Waals surface area contributed by atoms with Gasteiger partial charge in [0.2, 0.25) is 0 Å². The second-order valence-corrected chi connectivity index (χ2v) is 6.40. The Labute approximate surface area is 126 Å². The number of hydrogen-bond acceptors (Lipinski definition) is 2. The Morgan fingerprint density at radius 3 is 2.43 bits per heavy atom. The van der Waals surface area contributed by atoms with Crippen LogP contribution in [0, 0.1) is 0 Å². The molecule has 1 aliphatic rings. The number of rotatable bonds is 3. The Bertz CT molecular complexity index is 641. The van der Waals surface area contributed by atoms with Crippen LogP contribution in [-0.2, 0) is 12.8 Å². The van der Waals surface area contributed by atoms with E-state index < -0.39 is 6.10 Å². The van der Waals surface area contributed by atoms with Gasteiger partial charge in [-0.2, -0.15) is 0 Å². The first-order valence-electron chi connectivity index (χ1n) is 7.57. The minimum Gasteiger partial charge on any atom is -0.487 e. The zero-order valence-electron chi connectivity index (χ0n) is 12.9. The maximum absolute atomic E-state index is 10.6. The summed E-state index contributed by atoms with van der Waals surface area (Å²) in [6, 6.07) is 14.2. The molecule has 0 aliphatic carbocycles. The van der Waals surface area contributed by atoms with Gasteiger partial charge in [0.25, 0.3) is 0 Å². The maximum Gasteiger partial charge on any atom is 0.123 e. The lowest BCUT2D eigenvalue weighted by atomic mass is 9.95. The molecule has 1 atom stereocenters. The van der Waals surface area contributed by atoms with Crippen LogP contribution in [0.2, 0.25) is 0 Å². The summed E-state index contributed by atoms with van der Waals surface area (Å²) in [5.41, 5.74) is 4.19. The van der Waals surface area contributed by atoms with E-state index in [-0.39, 0.29) is 5.60 Å². The fourth-order valence-electron chi connectivity index (χ4n) is 2.93. The fourth-order valence-corrected chi connectivity index (χ4v) is 2.93. The second kappa shape index (κ2) is 5.19. The summed E-state index contributed by atoms with van der Waals surface area (Å²) in [7, 11) is 0. The molecular weight excluding hydrogens is 260 g/mol. The summed E-state index contributed by atoms with van der Waals surface area (Å²) in [6.07, 6.45) is 1.32. The van der Waals surface area contributed by atoms with Crippen molar-refractivity contribution in [3.63, 3.8) is 0 Å². The van der Waals surface area contributed by atoms with Crippen molar-refractivity contribution in [3.05, 3.63) is 64.7 Å². The predicted molar refractivity (Wildman–Crippen MR) is 84.7 cm³/mol. The van der Waals surface area contributed by atoms with Crippen molar-refractivity contribution in [2.75, 3.05) is 0 Å². The highest BCUT2D eigenvalue weighted by molar-refractivity contribution is 5.44. The molecule has 0 bridgehead atoms. The van der Waals surface area contributed by atoms with Gasteiger partial charge >= 0.3 is 0 Å². The van der Waals surface area contributed by atoms with Gasteiger partial charge in [-0.15, -0.1) is 0 Å². The molecule has 0 aromatic heterocycles. The zero-order chi connectivity index (χ0) is 15.0. The van der Waals surface area contributed by atoms with E-state index in [1.165, 1.54) is 11.1 Å². The van der Waals surface area contributed by atoms with Gasteiger partial charge in [0.05, 0.1) is 0 Å². The Morgan fingerprint density at radius 2 is 1.76 bits per heavy atom. The van der Waals surface area contributed by atoms with Gasteiger partial charge in [0.15, 0.2) is 0 Å². The molecule has 0 saturated carbocycles. The van der Waals surface area contributed by atoms with Crippen molar-refractivity contribution in [2.45, 2.75) is 45.3 Å². The number of aliphatic hydroxyl groups excluding tert-OH is 1. The van der Waals surface area contributed by atoms with E-state index in [1.807, 2.05) is 24.3 Å². The molecule has 2 aromatic carbocycles. The SMILES string of the molecule is CCc1ccc(C(O)c2ccc3c(c2)CC(C)(C)O3)cc1. The van der Waals surface area contributed by atoms with Gasteiger partial charge in [-0.05, 0) is 54.7 Å². The van der Waals surface area contributed by atoms with E-state index in [1.54, 1.807) is 0 Å². The minimum atomic E-state index is -0.579. The standard InChI is InChI=1S/C19H22O2/c1-4-13-5-7-14(8-6-13)18(20)15-9-10-17-16(11-15)12-19(2,3)21-17/h5-11,18,20H,4,12H2,1-3H3. The first kappa shape index (κ1) is 14.2. The minimum absolute atomic E-state index is 0.144. The first-order valence-corrected chi connectivity index (χ1v) is 7.57. The van der Waals surface area contributed by atoms with Crippen LogP contribution < -0.4 is 4.74 Å². The van der Waals surface area contributed by atoms with Crippen LogP contribution in [0.25, 0.3) is 0 Å². The summed E-state index contributed by atoms with van der Waals surface area (Å²) in [5.74, 6) is 0.942. The molecule has 1 aliphatic heterocycles. The summed E-state index contributed by atoms with van der Waals surface area (Å²) >= 11 is 0. The molecule has 2 nitrogen and oxygen atoms in total. The third-order valence-electron chi connectivity index (χ3n) is 4.11. The number of benzene rings is 2. The van der Waals surface area contributed by atoms with Crippen LogP contribution in [0.1, 0.15) is 49.1 Å². The largest absolute Gasteiger partial charge is 0.487 e. The maximum atomic E-state index is 10.6. The molecule has 2 aromatic rings. The van der Waals surface area contributed by atoms with Crippen molar-refractivity contribution in [2.24, 2.45) is 0 Å². The van der Waals surface area contributed by atoms with Crippen LogP contribution in [-0.4, -0.2) is 10.7 Å². The number of hydrogen-bond donors (Lipinski definition) is 1. The Kier molecular flexibility index (Phi) is 3.50. The molecule has 1 N–H and O–H groups in total. The van der Waals surface area contributed by atoms with Gasteiger partial charge in [0, 0.05) is 6.42 Å². The third-order valence-corrected chi connectivity index (χ3v) is 4.11. The second-order valence-electron chi connectivity index (χ2n) is 6.40. The van der Waals surface area contributed by atoms with E-state index in [4.69, 9.17) is 4.74 Å². The lowest BCUT2D eigenvalue weighted by Gasteiger charge is -2.16. The molecule has 110 valence electrons. The average Bonchev–Trinajstić information content (AvgIpc) is 2.79. The molecule has 0 amide bonds. The van der Waals surface area contributed by atoms with Gasteiger partial charge in [-0.3, -0.25) is 0 Å². The number of aliphatic hydroxyl groups is 1. The molecule has 21 heavy (non-hydrogen) atoms. The highest BCUT2D eigenvalue weighted by Crippen LogP contribution is 2.37. The normalized spacial score (nSPS) is 17.1. The summed E-state index contributed by atoms with van der Waals surface area (Å²) < 4.78 is 5.88. The molecule has 1 heterocycles. The van der Waals surface area contributed by atoms with Crippen molar-refractivity contribution < 1.29 is 9.84 Å². The van der Waals surface area contributed by atoms with Gasteiger partial charge < -0.3 is 9.84 Å². The topological polar surface area (TPSA) is 29.5 Å². The van der Waals surface area contributed by atoms with Crippen molar-refractivity contribution in [3.8, 4) is 5.75 Å². The van der Waals surface area contributed by atoms with Crippen LogP contribution in [0.3, 0.4) is 0 Å². The summed E-state index contributed by atoms with van der Waals surface area (Å²) in [4.78, 5) is 0. The number of ether oxygens (including phenoxy) is 1. The highest BCUT2D eigenvalue weighted by atomic mass is 16.5. The Balaban J connectivity index is 1.87. The fraction of sp³-hybridized carbons (Fsp3) is 0.368. The molecule has 0 spiro atoms. The monoisotopic (exact) mass is 282 g/mol. The van der Waals surface area contributed by atoms with Crippen LogP contribution in [0.5, 0.6) is 5.75 Å². The van der Waals surface area contributed by atoms with Gasteiger partial charge in [-0.1, -0.05) is 37.3 Å². The van der Waals surface area contributed by atoms with E-state index >= 15 is 0 Å². The molecule has 0 radical (unpaired) electrons. The molecular formula is C19H22O2. The third kappa shape index (κ3) is 2.81. The highest BCUT2D eigenvalue weighted by Gasteiger charge is 2.30. The lowest BCUT2D eigenvalue weighted by molar-refractivity contribution is 0.138. The summed E-state index contributed by atoms with van der Waals surface area (Å²) in [6.45, 7) is 6.31. The average molecular weight is 282 g/mol. The van der Waals surface area contributed by atoms with E-state index in [2.05, 4.69) is 39.0 Å². The van der Waals surface area contributed by atoms with E-state index in [0.29, 0.717) is 0 Å². The van der Waals surface area contributed by atoms with Gasteiger partial charge in [-0.25, -0.2) is 0 Å². The van der Waals surface area contributed by atoms with Crippen molar-refractivity contribution in [1.82, 2.24) is 0 Å². The Hall–Kier alpha value is -1.80. The van der Waals surface area contributed by atoms with E-state index in [0.717, 1.165) is 29.7 Å². The van der Waals surface area contributed by atoms with Crippen LogP contribution in [0.15, 0.2) is 42.5 Å². The molecule has 0 fully saturated rings. The van der Waals surface area contributed by atoms with Gasteiger partial charge in [0.1, 0.15) is 17.5 Å².